The maximum absolute atomic E-state index is 5.28. The fourth-order valence-corrected chi connectivity index (χ4v) is 1.37. The zero-order valence-electron chi connectivity index (χ0n) is 6.68. The Labute approximate surface area is 66.1 Å². The molecule has 0 aromatic heterocycles. The number of hydrogen-bond acceptors (Lipinski definition) is 3. The Morgan fingerprint density at radius 3 is 2.70 bits per heavy atom. The molecule has 1 aliphatic rings. The molecule has 0 bridgehead atoms. The average Bonchev–Trinajstić information content (AvgIpc) is 1.86. The first-order valence-corrected chi connectivity index (χ1v) is 4.63. The molecule has 1 aliphatic heterocycles. The van der Waals surface area contributed by atoms with Gasteiger partial charge in [-0.3, -0.25) is 0 Å². The van der Waals surface area contributed by atoms with E-state index in [0.717, 1.165) is 18.3 Å². The summed E-state index contributed by atoms with van der Waals surface area (Å²) in [6, 6.07) is 0. The summed E-state index contributed by atoms with van der Waals surface area (Å²) in [6.45, 7) is 5.07. The molecule has 0 saturated carbocycles. The highest BCUT2D eigenvalue weighted by Crippen LogP contribution is 2.21. The molecule has 10 heavy (non-hydrogen) atoms. The molecule has 0 fully saturated rings. The number of hydrogen-bond donors (Lipinski definition) is 0. The molecule has 1 rings (SSSR count). The predicted molar refractivity (Wildman–Crippen MR) is 45.6 cm³/mol. The van der Waals surface area contributed by atoms with Crippen molar-refractivity contribution in [2.75, 3.05) is 12.9 Å². The van der Waals surface area contributed by atoms with Crippen LogP contribution in [0.1, 0.15) is 20.3 Å². The normalized spacial score (nSPS) is 23.3. The molecular formula is C7H13NOS. The van der Waals surface area contributed by atoms with Crippen LogP contribution in [0.15, 0.2) is 4.99 Å². The monoisotopic (exact) mass is 159 g/mol. The summed E-state index contributed by atoms with van der Waals surface area (Å²) in [7, 11) is 0. The Balaban J connectivity index is 2.66. The fraction of sp³-hybridized carbons (Fsp3) is 0.857. The van der Waals surface area contributed by atoms with Crippen LogP contribution < -0.4 is 0 Å². The van der Waals surface area contributed by atoms with E-state index in [2.05, 4.69) is 18.8 Å². The smallest absolute Gasteiger partial charge is 0.246 e. The molecule has 0 aromatic rings. The second kappa shape index (κ2) is 2.82. The van der Waals surface area contributed by atoms with Gasteiger partial charge in [0.05, 0.1) is 12.1 Å². The number of thioether (sulfide) groups is 1. The summed E-state index contributed by atoms with van der Waals surface area (Å²) < 4.78 is 5.28. The van der Waals surface area contributed by atoms with Crippen LogP contribution in [0.25, 0.3) is 0 Å². The lowest BCUT2D eigenvalue weighted by atomic mass is 10.0. The van der Waals surface area contributed by atoms with Gasteiger partial charge in [0.2, 0.25) is 5.23 Å². The van der Waals surface area contributed by atoms with Crippen LogP contribution in [0, 0.1) is 0 Å². The van der Waals surface area contributed by atoms with Crippen molar-refractivity contribution in [2.45, 2.75) is 25.8 Å². The number of nitrogens with zero attached hydrogens (tertiary/aromatic N) is 1. The lowest BCUT2D eigenvalue weighted by Gasteiger charge is -2.25. The molecular weight excluding hydrogens is 146 g/mol. The van der Waals surface area contributed by atoms with Gasteiger partial charge in [0, 0.05) is 6.42 Å². The minimum absolute atomic E-state index is 0.0938. The standard InChI is InChI=1S/C7H13NOS/c1-7(2)4-5-9-6(8-7)10-3/h4-5H2,1-3H3. The summed E-state index contributed by atoms with van der Waals surface area (Å²) >= 11 is 1.58. The zero-order chi connectivity index (χ0) is 7.61. The summed E-state index contributed by atoms with van der Waals surface area (Å²) in [4.78, 5) is 4.39. The summed E-state index contributed by atoms with van der Waals surface area (Å²) in [6.07, 6.45) is 3.01. The SMILES string of the molecule is CSC1=NC(C)(C)CCO1. The van der Waals surface area contributed by atoms with Crippen LogP contribution in [0.3, 0.4) is 0 Å². The Morgan fingerprint density at radius 2 is 2.30 bits per heavy atom. The first kappa shape index (κ1) is 7.92. The lowest BCUT2D eigenvalue weighted by Crippen LogP contribution is -2.27. The predicted octanol–water partition coefficient (Wildman–Crippen LogP) is 1.90. The molecule has 0 N–H and O–H groups in total. The molecule has 0 spiro atoms. The molecule has 0 amide bonds. The van der Waals surface area contributed by atoms with Crippen LogP contribution in [0.4, 0.5) is 0 Å². The molecule has 3 heteroatoms. The van der Waals surface area contributed by atoms with Crippen LogP contribution >= 0.6 is 11.8 Å². The van der Waals surface area contributed by atoms with E-state index in [1.54, 1.807) is 11.8 Å². The van der Waals surface area contributed by atoms with Crippen molar-refractivity contribution in [1.82, 2.24) is 0 Å². The van der Waals surface area contributed by atoms with Gasteiger partial charge in [-0.25, -0.2) is 4.99 Å². The van der Waals surface area contributed by atoms with Crippen molar-refractivity contribution in [3.8, 4) is 0 Å². The van der Waals surface area contributed by atoms with Crippen molar-refractivity contribution in [2.24, 2.45) is 4.99 Å². The Hall–Kier alpha value is -0.180. The second-order valence-corrected chi connectivity index (χ2v) is 3.75. The fourth-order valence-electron chi connectivity index (χ4n) is 0.828. The third-order valence-corrected chi connectivity index (χ3v) is 2.07. The van der Waals surface area contributed by atoms with E-state index in [4.69, 9.17) is 4.74 Å². The van der Waals surface area contributed by atoms with E-state index in [0.29, 0.717) is 0 Å². The summed E-state index contributed by atoms with van der Waals surface area (Å²) in [5.74, 6) is 0. The van der Waals surface area contributed by atoms with Crippen molar-refractivity contribution in [3.05, 3.63) is 0 Å². The summed E-state index contributed by atoms with van der Waals surface area (Å²) in [5.41, 5.74) is 0.0938. The van der Waals surface area contributed by atoms with Gasteiger partial charge in [0.25, 0.3) is 0 Å². The molecule has 2 nitrogen and oxygen atoms in total. The molecule has 1 heterocycles. The third kappa shape index (κ3) is 1.90. The van der Waals surface area contributed by atoms with Gasteiger partial charge in [0.1, 0.15) is 0 Å². The Bertz CT molecular complexity index is 154. The first-order valence-electron chi connectivity index (χ1n) is 3.41. The van der Waals surface area contributed by atoms with Crippen LogP contribution in [-0.2, 0) is 4.74 Å². The van der Waals surface area contributed by atoms with Gasteiger partial charge in [-0.15, -0.1) is 0 Å². The van der Waals surface area contributed by atoms with Gasteiger partial charge < -0.3 is 4.74 Å². The van der Waals surface area contributed by atoms with E-state index in [9.17, 15) is 0 Å². The van der Waals surface area contributed by atoms with Gasteiger partial charge in [-0.1, -0.05) is 11.8 Å². The maximum atomic E-state index is 5.28. The Kier molecular flexibility index (Phi) is 2.24. The van der Waals surface area contributed by atoms with Crippen LogP contribution in [0.2, 0.25) is 0 Å². The third-order valence-electron chi connectivity index (χ3n) is 1.51. The van der Waals surface area contributed by atoms with Crippen molar-refractivity contribution >= 4 is 17.0 Å². The molecule has 0 atom stereocenters. The zero-order valence-corrected chi connectivity index (χ0v) is 7.49. The van der Waals surface area contributed by atoms with Gasteiger partial charge in [-0.2, -0.15) is 0 Å². The van der Waals surface area contributed by atoms with Crippen LogP contribution in [0.5, 0.6) is 0 Å². The number of aliphatic imine (C=N–C) groups is 1. The molecule has 0 aliphatic carbocycles. The molecule has 58 valence electrons. The quantitative estimate of drug-likeness (QED) is 0.538. The number of rotatable bonds is 0. The second-order valence-electron chi connectivity index (χ2n) is 2.99. The maximum Gasteiger partial charge on any atom is 0.246 e. The van der Waals surface area contributed by atoms with E-state index >= 15 is 0 Å². The molecule has 0 unspecified atom stereocenters. The van der Waals surface area contributed by atoms with E-state index < -0.39 is 0 Å². The van der Waals surface area contributed by atoms with Crippen molar-refractivity contribution in [3.63, 3.8) is 0 Å². The molecule has 0 aromatic carbocycles. The lowest BCUT2D eigenvalue weighted by molar-refractivity contribution is 0.239. The van der Waals surface area contributed by atoms with Crippen molar-refractivity contribution < 1.29 is 4.74 Å². The highest BCUT2D eigenvalue weighted by atomic mass is 32.2. The minimum atomic E-state index is 0.0938. The molecule has 0 saturated heterocycles. The number of ether oxygens (including phenoxy) is 1. The Morgan fingerprint density at radius 1 is 1.60 bits per heavy atom. The molecule has 0 radical (unpaired) electrons. The first-order chi connectivity index (χ1) is 4.64. The van der Waals surface area contributed by atoms with E-state index in [-0.39, 0.29) is 5.54 Å². The summed E-state index contributed by atoms with van der Waals surface area (Å²) in [5, 5.41) is 0.830. The highest BCUT2D eigenvalue weighted by Gasteiger charge is 2.22. The minimum Gasteiger partial charge on any atom is -0.473 e. The van der Waals surface area contributed by atoms with E-state index in [1.165, 1.54) is 0 Å². The van der Waals surface area contributed by atoms with Gasteiger partial charge >= 0.3 is 0 Å². The van der Waals surface area contributed by atoms with E-state index in [1.807, 2.05) is 6.26 Å². The van der Waals surface area contributed by atoms with Gasteiger partial charge in [0.15, 0.2) is 0 Å². The van der Waals surface area contributed by atoms with Crippen molar-refractivity contribution in [1.29, 1.82) is 0 Å². The largest absolute Gasteiger partial charge is 0.473 e. The van der Waals surface area contributed by atoms with Crippen LogP contribution in [-0.4, -0.2) is 23.6 Å². The average molecular weight is 159 g/mol. The van der Waals surface area contributed by atoms with Gasteiger partial charge in [-0.05, 0) is 20.1 Å². The highest BCUT2D eigenvalue weighted by molar-refractivity contribution is 8.12. The topological polar surface area (TPSA) is 21.6 Å².